The maximum atomic E-state index is 14.2. The van der Waals surface area contributed by atoms with Crippen LogP contribution in [-0.2, 0) is 28.3 Å². The molecule has 0 saturated heterocycles. The van der Waals surface area contributed by atoms with Gasteiger partial charge in [0.1, 0.15) is 11.9 Å². The van der Waals surface area contributed by atoms with E-state index in [2.05, 4.69) is 5.32 Å². The lowest BCUT2D eigenvalue weighted by molar-refractivity contribution is -0.139. The Hall–Kier alpha value is -2.83. The third kappa shape index (κ3) is 8.10. The zero-order chi connectivity index (χ0) is 25.9. The summed E-state index contributed by atoms with van der Waals surface area (Å²) in [5.41, 5.74) is 3.39. The van der Waals surface area contributed by atoms with E-state index < -0.39 is 6.04 Å². The zero-order valence-electron chi connectivity index (χ0n) is 20.7. The molecular weight excluding hydrogens is 495 g/mol. The highest BCUT2D eigenvalue weighted by Crippen LogP contribution is 2.25. The number of aryl methyl sites for hydroxylation is 1. The third-order valence-electron chi connectivity index (χ3n) is 5.79. The highest BCUT2D eigenvalue weighted by molar-refractivity contribution is 7.99. The lowest BCUT2D eigenvalue weighted by Gasteiger charge is -2.31. The molecule has 4 nitrogen and oxygen atoms in total. The minimum Gasteiger partial charge on any atom is -0.354 e. The van der Waals surface area contributed by atoms with Crippen molar-refractivity contribution < 1.29 is 14.0 Å². The standard InChI is InChI=1S/C29H32ClFN2O2S/c1-3-15-32-29(35)27(17-22-10-5-4-6-11-22)33(18-23-12-7-9-21(2)16-23)28(34)20-36-19-24-25(30)13-8-14-26(24)31/h4-14,16,27H,3,15,17-20H2,1-2H3,(H,32,35)/t27-/m1/s1. The lowest BCUT2D eigenvalue weighted by Crippen LogP contribution is -2.51. The fourth-order valence-corrected chi connectivity index (χ4v) is 5.17. The zero-order valence-corrected chi connectivity index (χ0v) is 22.2. The first kappa shape index (κ1) is 27.8. The number of halogens is 2. The molecule has 0 spiro atoms. The van der Waals surface area contributed by atoms with Gasteiger partial charge < -0.3 is 10.2 Å². The van der Waals surface area contributed by atoms with Crippen molar-refractivity contribution in [2.45, 2.75) is 45.0 Å². The van der Waals surface area contributed by atoms with Gasteiger partial charge in [-0.1, -0.05) is 84.8 Å². The molecule has 0 aliphatic heterocycles. The van der Waals surface area contributed by atoms with Gasteiger partial charge in [-0.2, -0.15) is 0 Å². The van der Waals surface area contributed by atoms with Crippen LogP contribution in [0.15, 0.2) is 72.8 Å². The van der Waals surface area contributed by atoms with E-state index in [9.17, 15) is 14.0 Å². The van der Waals surface area contributed by atoms with Gasteiger partial charge in [-0.05, 0) is 36.6 Å². The summed E-state index contributed by atoms with van der Waals surface area (Å²) >= 11 is 7.45. The van der Waals surface area contributed by atoms with Gasteiger partial charge in [-0.15, -0.1) is 11.8 Å². The van der Waals surface area contributed by atoms with Gasteiger partial charge in [0.15, 0.2) is 0 Å². The quantitative estimate of drug-likeness (QED) is 0.306. The highest BCUT2D eigenvalue weighted by Gasteiger charge is 2.30. The normalized spacial score (nSPS) is 11.7. The maximum absolute atomic E-state index is 14.2. The van der Waals surface area contributed by atoms with Gasteiger partial charge in [0.05, 0.1) is 5.75 Å². The molecule has 1 N–H and O–H groups in total. The van der Waals surface area contributed by atoms with E-state index in [1.807, 2.05) is 68.4 Å². The van der Waals surface area contributed by atoms with Gasteiger partial charge in [0, 0.05) is 35.8 Å². The number of nitrogens with one attached hydrogen (secondary N) is 1. The third-order valence-corrected chi connectivity index (χ3v) is 7.09. The van der Waals surface area contributed by atoms with Crippen molar-refractivity contribution in [2.75, 3.05) is 12.3 Å². The lowest BCUT2D eigenvalue weighted by atomic mass is 10.0. The number of nitrogens with zero attached hydrogens (tertiary/aromatic N) is 1. The van der Waals surface area contributed by atoms with E-state index in [1.165, 1.54) is 17.8 Å². The monoisotopic (exact) mass is 526 g/mol. The molecule has 0 fully saturated rings. The van der Waals surface area contributed by atoms with Gasteiger partial charge in [-0.25, -0.2) is 4.39 Å². The topological polar surface area (TPSA) is 49.4 Å². The van der Waals surface area contributed by atoms with E-state index in [4.69, 9.17) is 11.6 Å². The number of thioether (sulfide) groups is 1. The Morgan fingerprint density at radius 3 is 2.44 bits per heavy atom. The molecule has 2 amide bonds. The van der Waals surface area contributed by atoms with Crippen molar-refractivity contribution in [3.63, 3.8) is 0 Å². The second kappa shape index (κ2) is 14.0. The molecule has 0 heterocycles. The van der Waals surface area contributed by atoms with Crippen molar-refractivity contribution in [1.29, 1.82) is 0 Å². The smallest absolute Gasteiger partial charge is 0.243 e. The van der Waals surface area contributed by atoms with Gasteiger partial charge in [0.25, 0.3) is 0 Å². The predicted molar refractivity (Wildman–Crippen MR) is 147 cm³/mol. The molecule has 0 saturated carbocycles. The molecular formula is C29H32ClFN2O2S. The van der Waals surface area contributed by atoms with E-state index in [-0.39, 0.29) is 29.1 Å². The van der Waals surface area contributed by atoms with Crippen molar-refractivity contribution in [2.24, 2.45) is 0 Å². The Balaban J connectivity index is 1.85. The molecule has 0 bridgehead atoms. The number of carbonyl (C=O) groups is 2. The summed E-state index contributed by atoms with van der Waals surface area (Å²) in [6.07, 6.45) is 1.20. The van der Waals surface area contributed by atoms with Crippen LogP contribution < -0.4 is 5.32 Å². The van der Waals surface area contributed by atoms with E-state index in [1.54, 1.807) is 17.0 Å². The fourth-order valence-electron chi connectivity index (χ4n) is 3.92. The second-order valence-electron chi connectivity index (χ2n) is 8.70. The summed E-state index contributed by atoms with van der Waals surface area (Å²) in [6.45, 7) is 4.83. The molecule has 0 unspecified atom stereocenters. The van der Waals surface area contributed by atoms with Gasteiger partial charge >= 0.3 is 0 Å². The van der Waals surface area contributed by atoms with Crippen molar-refractivity contribution in [3.8, 4) is 0 Å². The van der Waals surface area contributed by atoms with Gasteiger partial charge in [0.2, 0.25) is 11.8 Å². The molecule has 3 rings (SSSR count). The minimum atomic E-state index is -0.676. The Morgan fingerprint density at radius 1 is 1.03 bits per heavy atom. The molecule has 36 heavy (non-hydrogen) atoms. The molecule has 1 atom stereocenters. The molecule has 0 aromatic heterocycles. The summed E-state index contributed by atoms with van der Waals surface area (Å²) in [7, 11) is 0. The number of rotatable bonds is 12. The van der Waals surface area contributed by atoms with Crippen LogP contribution in [0.5, 0.6) is 0 Å². The van der Waals surface area contributed by atoms with Crippen molar-refractivity contribution >= 4 is 35.2 Å². The average molecular weight is 527 g/mol. The van der Waals surface area contributed by atoms with Crippen LogP contribution >= 0.6 is 23.4 Å². The van der Waals surface area contributed by atoms with Crippen LogP contribution in [0.4, 0.5) is 4.39 Å². The van der Waals surface area contributed by atoms with Crippen LogP contribution in [0.3, 0.4) is 0 Å². The average Bonchev–Trinajstić information content (AvgIpc) is 2.87. The first-order valence-corrected chi connectivity index (χ1v) is 13.6. The molecule has 0 aliphatic rings. The summed E-state index contributed by atoms with van der Waals surface area (Å²) in [5.74, 6) is -0.380. The predicted octanol–water partition coefficient (Wildman–Crippen LogP) is 6.19. The Morgan fingerprint density at radius 2 is 1.75 bits per heavy atom. The number of hydrogen-bond donors (Lipinski definition) is 1. The second-order valence-corrected chi connectivity index (χ2v) is 10.1. The van der Waals surface area contributed by atoms with Crippen molar-refractivity contribution in [3.05, 3.63) is 106 Å². The molecule has 3 aromatic rings. The van der Waals surface area contributed by atoms with Crippen LogP contribution in [0.1, 0.15) is 35.6 Å². The van der Waals surface area contributed by atoms with Crippen LogP contribution in [0.25, 0.3) is 0 Å². The maximum Gasteiger partial charge on any atom is 0.243 e. The number of benzene rings is 3. The van der Waals surface area contributed by atoms with Gasteiger partial charge in [-0.3, -0.25) is 9.59 Å². The van der Waals surface area contributed by atoms with E-state index >= 15 is 0 Å². The first-order valence-electron chi connectivity index (χ1n) is 12.1. The summed E-state index contributed by atoms with van der Waals surface area (Å²) < 4.78 is 14.2. The summed E-state index contributed by atoms with van der Waals surface area (Å²) in [6, 6.07) is 21.5. The minimum absolute atomic E-state index is 0.100. The Bertz CT molecular complexity index is 1140. The first-order chi connectivity index (χ1) is 17.4. The number of carbonyl (C=O) groups excluding carboxylic acids is 2. The molecule has 0 aliphatic carbocycles. The SMILES string of the molecule is CCCNC(=O)[C@@H](Cc1ccccc1)N(Cc1cccc(C)c1)C(=O)CSCc1c(F)cccc1Cl. The molecule has 190 valence electrons. The summed E-state index contributed by atoms with van der Waals surface area (Å²) in [5, 5.41) is 3.32. The van der Waals surface area contributed by atoms with Crippen LogP contribution in [-0.4, -0.2) is 35.1 Å². The van der Waals surface area contributed by atoms with Crippen molar-refractivity contribution in [1.82, 2.24) is 10.2 Å². The van der Waals surface area contributed by atoms with Crippen LogP contribution in [0.2, 0.25) is 5.02 Å². The number of amides is 2. The van der Waals surface area contributed by atoms with Crippen LogP contribution in [0, 0.1) is 12.7 Å². The molecule has 3 aromatic carbocycles. The molecule has 0 radical (unpaired) electrons. The van der Waals surface area contributed by atoms with E-state index in [0.29, 0.717) is 30.1 Å². The number of hydrogen-bond acceptors (Lipinski definition) is 3. The largest absolute Gasteiger partial charge is 0.354 e. The van der Waals surface area contributed by atoms with E-state index in [0.717, 1.165) is 23.1 Å². The summed E-state index contributed by atoms with van der Waals surface area (Å²) in [4.78, 5) is 28.6. The Labute approximate surface area is 222 Å². The highest BCUT2D eigenvalue weighted by atomic mass is 35.5. The fraction of sp³-hybridized carbons (Fsp3) is 0.310. The Kier molecular flexibility index (Phi) is 10.8. The molecule has 7 heteroatoms.